The van der Waals surface area contributed by atoms with Crippen LogP contribution in [0.3, 0.4) is 0 Å². The van der Waals surface area contributed by atoms with Gasteiger partial charge in [-0.2, -0.15) is 0 Å². The number of hydrogen-bond acceptors (Lipinski definition) is 6. The minimum Gasteiger partial charge on any atom is -0.466 e. The first kappa shape index (κ1) is 29.4. The van der Waals surface area contributed by atoms with Crippen LogP contribution in [0.25, 0.3) is 0 Å². The van der Waals surface area contributed by atoms with Gasteiger partial charge in [0.1, 0.15) is 6.42 Å². The molecule has 0 aromatic heterocycles. The monoisotopic (exact) mass is 598 g/mol. The van der Waals surface area contributed by atoms with Crippen molar-refractivity contribution in [1.82, 2.24) is 0 Å². The zero-order valence-corrected chi connectivity index (χ0v) is 22.1. The summed E-state index contributed by atoms with van der Waals surface area (Å²) in [5, 5.41) is 1.31. The Morgan fingerprint density at radius 2 is 1.30 bits per heavy atom. The maximum absolute atomic E-state index is 11.9. The summed E-state index contributed by atoms with van der Waals surface area (Å²) >= 11 is 26.1. The van der Waals surface area contributed by atoms with Crippen LogP contribution in [0, 0.1) is 0 Å². The summed E-state index contributed by atoms with van der Waals surface area (Å²) in [6.07, 6.45) is -0.310. The molecule has 0 aliphatic rings. The van der Waals surface area contributed by atoms with Crippen molar-refractivity contribution in [3.63, 3.8) is 0 Å². The number of ether oxygens (including phenoxy) is 2. The molecule has 0 saturated carbocycles. The molecule has 0 amide bonds. The number of alkyl halides is 1. The van der Waals surface area contributed by atoms with E-state index in [9.17, 15) is 19.2 Å². The van der Waals surface area contributed by atoms with E-state index in [0.29, 0.717) is 10.0 Å². The third-order valence-electron chi connectivity index (χ3n) is 3.76. The van der Waals surface area contributed by atoms with Gasteiger partial charge in [0.25, 0.3) is 0 Å². The van der Waals surface area contributed by atoms with Gasteiger partial charge in [0, 0.05) is 21.2 Å². The first-order valence-corrected chi connectivity index (χ1v) is 11.9. The number of rotatable bonds is 8. The molecule has 1 unspecified atom stereocenters. The van der Waals surface area contributed by atoms with Crippen molar-refractivity contribution in [2.45, 2.75) is 25.1 Å². The van der Waals surface area contributed by atoms with E-state index in [1.807, 2.05) is 0 Å². The maximum atomic E-state index is 11.9. The third kappa shape index (κ3) is 9.63. The average Bonchev–Trinajstić information content (AvgIpc) is 2.73. The summed E-state index contributed by atoms with van der Waals surface area (Å²) in [5.41, 5.74) is 0.505. The highest BCUT2D eigenvalue weighted by atomic mass is 79.9. The molecule has 0 saturated heterocycles. The molecule has 2 aromatic carbocycles. The average molecular weight is 601 g/mol. The molecule has 2 rings (SSSR count). The van der Waals surface area contributed by atoms with Gasteiger partial charge in [0.2, 0.25) is 0 Å². The molecule has 0 N–H and O–H groups in total. The second kappa shape index (κ2) is 14.6. The van der Waals surface area contributed by atoms with Crippen molar-refractivity contribution in [2.24, 2.45) is 0 Å². The fraction of sp³-hybridized carbons (Fsp3) is 0.273. The van der Waals surface area contributed by atoms with E-state index in [-0.39, 0.29) is 46.6 Å². The topological polar surface area (TPSA) is 86.7 Å². The van der Waals surface area contributed by atoms with Gasteiger partial charge in [0.05, 0.1) is 23.3 Å². The third-order valence-corrected chi connectivity index (χ3v) is 5.65. The first-order valence-electron chi connectivity index (χ1n) is 9.45. The summed E-state index contributed by atoms with van der Waals surface area (Å²) in [6.45, 7) is 3.80. The lowest BCUT2D eigenvalue weighted by Crippen LogP contribution is -2.26. The highest BCUT2D eigenvalue weighted by Gasteiger charge is 2.27. The Labute approximate surface area is 219 Å². The van der Waals surface area contributed by atoms with Crippen LogP contribution in [-0.2, 0) is 19.1 Å². The van der Waals surface area contributed by atoms with Gasteiger partial charge >= 0.3 is 11.9 Å². The van der Waals surface area contributed by atoms with E-state index in [2.05, 4.69) is 20.7 Å². The number of carbonyl (C=O) groups is 4. The molecule has 0 heterocycles. The van der Waals surface area contributed by atoms with Gasteiger partial charge in [-0.25, -0.2) is 0 Å². The number of carbonyl (C=O) groups excluding carboxylic acids is 4. The van der Waals surface area contributed by atoms with Crippen LogP contribution in [0.4, 0.5) is 0 Å². The second-order valence-corrected chi connectivity index (χ2v) is 8.74. The van der Waals surface area contributed by atoms with E-state index in [4.69, 9.17) is 51.1 Å². The summed E-state index contributed by atoms with van der Waals surface area (Å²) in [5.74, 6) is -2.02. The lowest BCUT2D eigenvalue weighted by Gasteiger charge is -2.09. The van der Waals surface area contributed by atoms with Crippen molar-refractivity contribution < 1.29 is 28.7 Å². The van der Waals surface area contributed by atoms with Crippen molar-refractivity contribution in [3.8, 4) is 0 Å². The normalized spacial score (nSPS) is 11.0. The highest BCUT2D eigenvalue weighted by molar-refractivity contribution is 9.10. The fourth-order valence-electron chi connectivity index (χ4n) is 2.30. The van der Waals surface area contributed by atoms with Crippen LogP contribution in [-0.4, -0.2) is 41.5 Å². The molecule has 0 spiro atoms. The van der Waals surface area contributed by atoms with Crippen LogP contribution in [0.1, 0.15) is 41.0 Å². The van der Waals surface area contributed by atoms with Crippen LogP contribution in [0.5, 0.6) is 0 Å². The largest absolute Gasteiger partial charge is 0.466 e. The molecule has 1 atom stereocenters. The number of hydrogen-bond donors (Lipinski definition) is 0. The zero-order chi connectivity index (χ0) is 25.1. The predicted molar refractivity (Wildman–Crippen MR) is 132 cm³/mol. The molecule has 0 aliphatic carbocycles. The van der Waals surface area contributed by atoms with Crippen LogP contribution < -0.4 is 0 Å². The molecule has 0 aliphatic heterocycles. The fourth-order valence-corrected chi connectivity index (χ4v) is 3.70. The van der Waals surface area contributed by atoms with Crippen molar-refractivity contribution >= 4 is 85.8 Å². The van der Waals surface area contributed by atoms with Crippen molar-refractivity contribution in [2.75, 3.05) is 13.2 Å². The minimum atomic E-state index is -1.05. The maximum Gasteiger partial charge on any atom is 0.327 e. The molecular weight excluding hydrogens is 582 g/mol. The number of Topliss-reactive ketones (excluding diaryl/α,β-unsaturated/α-hetero) is 2. The Morgan fingerprint density at radius 1 is 0.818 bits per heavy atom. The second-order valence-electron chi connectivity index (χ2n) is 6.13. The van der Waals surface area contributed by atoms with Crippen LogP contribution in [0.2, 0.25) is 20.1 Å². The van der Waals surface area contributed by atoms with Crippen LogP contribution in [0.15, 0.2) is 36.4 Å². The summed E-state index contributed by atoms with van der Waals surface area (Å²) < 4.78 is 9.40. The number of ketones is 2. The van der Waals surface area contributed by atoms with Gasteiger partial charge in [-0.3, -0.25) is 19.2 Å². The summed E-state index contributed by atoms with van der Waals surface area (Å²) in [6, 6.07) is 8.95. The number of halogens is 5. The first-order chi connectivity index (χ1) is 15.5. The van der Waals surface area contributed by atoms with Gasteiger partial charge in [-0.05, 0) is 50.2 Å². The van der Waals surface area contributed by atoms with Gasteiger partial charge < -0.3 is 9.47 Å². The van der Waals surface area contributed by atoms with E-state index >= 15 is 0 Å². The quantitative estimate of drug-likeness (QED) is 0.146. The number of esters is 2. The Balaban J connectivity index is 0.000000331. The van der Waals surface area contributed by atoms with Crippen molar-refractivity contribution in [1.29, 1.82) is 0 Å². The molecule has 0 fully saturated rings. The Bertz CT molecular complexity index is 1030. The number of benzene rings is 2. The lowest BCUT2D eigenvalue weighted by molar-refractivity contribution is -0.142. The molecule has 6 nitrogen and oxygen atoms in total. The van der Waals surface area contributed by atoms with Crippen LogP contribution >= 0.6 is 62.3 Å². The molecule has 2 aromatic rings. The van der Waals surface area contributed by atoms with Gasteiger partial charge in [0.15, 0.2) is 16.4 Å². The van der Waals surface area contributed by atoms with Gasteiger partial charge in [-0.15, -0.1) is 0 Å². The Kier molecular flexibility index (Phi) is 13.0. The van der Waals surface area contributed by atoms with E-state index in [1.54, 1.807) is 19.9 Å². The molecule has 0 radical (unpaired) electrons. The molecule has 0 bridgehead atoms. The zero-order valence-electron chi connectivity index (χ0n) is 17.5. The van der Waals surface area contributed by atoms with E-state index in [0.717, 1.165) is 0 Å². The smallest absolute Gasteiger partial charge is 0.327 e. The van der Waals surface area contributed by atoms with Gasteiger partial charge in [-0.1, -0.05) is 62.3 Å². The Morgan fingerprint density at radius 3 is 1.76 bits per heavy atom. The van der Waals surface area contributed by atoms with E-state index in [1.165, 1.54) is 30.3 Å². The molecule has 11 heteroatoms. The van der Waals surface area contributed by atoms with E-state index < -0.39 is 22.5 Å². The molecular formula is C22H19BrCl4O6. The standard InChI is InChI=1S/C11H9BrCl2O3.C11H10Cl2O3/c1-2-17-11(16)9(12)10(15)7-4-3-6(13)5-8(7)14;1-2-16-11(15)6-10(14)8-4-3-7(12)5-9(8)13/h3-5,9H,2H2,1H3;3-5H,2,6H2,1H3. The highest BCUT2D eigenvalue weighted by Crippen LogP contribution is 2.24. The predicted octanol–water partition coefficient (Wildman–Crippen LogP) is 6.63. The summed E-state index contributed by atoms with van der Waals surface area (Å²) in [7, 11) is 0. The summed E-state index contributed by atoms with van der Waals surface area (Å²) in [4.78, 5) is 45.0. The van der Waals surface area contributed by atoms with Crippen molar-refractivity contribution in [3.05, 3.63) is 67.6 Å². The lowest BCUT2D eigenvalue weighted by atomic mass is 10.1. The SMILES string of the molecule is CCOC(=O)C(Br)C(=O)c1ccc(Cl)cc1Cl.CCOC(=O)CC(=O)c1ccc(Cl)cc1Cl. The molecule has 33 heavy (non-hydrogen) atoms. The molecule has 178 valence electrons. The Hall–Kier alpha value is -1.64. The minimum absolute atomic E-state index is 0.205.